The number of fused-ring (bicyclic) bond motifs is 4. The molecule has 0 amide bonds. The van der Waals surface area contributed by atoms with Gasteiger partial charge in [-0.1, -0.05) is 18.6 Å². The zero-order chi connectivity index (χ0) is 20.8. The quantitative estimate of drug-likeness (QED) is 0.455. The second kappa shape index (κ2) is 7.88. The molecule has 0 bridgehead atoms. The maximum Gasteiger partial charge on any atom is 0.199 e. The summed E-state index contributed by atoms with van der Waals surface area (Å²) in [4.78, 5) is 19.4. The molecule has 1 unspecified atom stereocenters. The van der Waals surface area contributed by atoms with E-state index in [1.54, 1.807) is 0 Å². The van der Waals surface area contributed by atoms with Crippen molar-refractivity contribution in [2.24, 2.45) is 0 Å². The summed E-state index contributed by atoms with van der Waals surface area (Å²) in [5, 5.41) is 1.12. The summed E-state index contributed by atoms with van der Waals surface area (Å²) in [6, 6.07) is 7.99. The average molecular weight is 434 g/mol. The largest absolute Gasteiger partial charge is 0.440 e. The lowest BCUT2D eigenvalue weighted by atomic mass is 9.98. The lowest BCUT2D eigenvalue weighted by molar-refractivity contribution is 0.183. The zero-order valence-corrected chi connectivity index (χ0v) is 18.5. The van der Waals surface area contributed by atoms with Crippen LogP contribution in [-0.4, -0.2) is 32.9 Å². The Balaban J connectivity index is 1.24. The fraction of sp³-hybridized carbons (Fsp3) is 0.458. The second-order valence-electron chi connectivity index (χ2n) is 8.86. The Morgan fingerprint density at radius 1 is 1.06 bits per heavy atom. The van der Waals surface area contributed by atoms with Gasteiger partial charge in [0.25, 0.3) is 0 Å². The van der Waals surface area contributed by atoms with Gasteiger partial charge in [0, 0.05) is 17.3 Å². The number of anilines is 1. The van der Waals surface area contributed by atoms with Crippen LogP contribution in [0.15, 0.2) is 28.7 Å². The molecule has 31 heavy (non-hydrogen) atoms. The summed E-state index contributed by atoms with van der Waals surface area (Å²) < 4.78 is 6.05. The molecule has 1 saturated heterocycles. The van der Waals surface area contributed by atoms with Crippen LogP contribution in [-0.2, 0) is 19.4 Å². The normalized spacial score (nSPS) is 20.2. The van der Waals surface area contributed by atoms with E-state index >= 15 is 0 Å². The fourth-order valence-corrected chi connectivity index (χ4v) is 6.43. The number of aryl methyl sites for hydroxylation is 2. The summed E-state index contributed by atoms with van der Waals surface area (Å²) >= 11 is 1.83. The Morgan fingerprint density at radius 2 is 1.97 bits per heavy atom. The number of hydrogen-bond donors (Lipinski definition) is 1. The first-order chi connectivity index (χ1) is 15.2. The van der Waals surface area contributed by atoms with Gasteiger partial charge in [-0.15, -0.1) is 11.3 Å². The van der Waals surface area contributed by atoms with Crippen molar-refractivity contribution in [3.63, 3.8) is 0 Å². The Hall–Kier alpha value is -2.51. The molecule has 4 aromatic rings. The summed E-state index contributed by atoms with van der Waals surface area (Å²) in [6.45, 7) is 2.67. The molecule has 0 saturated carbocycles. The predicted molar refractivity (Wildman–Crippen MR) is 124 cm³/mol. The number of para-hydroxylation sites is 2. The van der Waals surface area contributed by atoms with Crippen LogP contribution in [0.4, 0.5) is 5.82 Å². The molecule has 1 aliphatic heterocycles. The number of nitrogen functional groups attached to an aromatic ring is 1. The van der Waals surface area contributed by atoms with Crippen molar-refractivity contribution in [2.75, 3.05) is 18.8 Å². The Bertz CT molecular complexity index is 1210. The predicted octanol–water partition coefficient (Wildman–Crippen LogP) is 5.06. The van der Waals surface area contributed by atoms with Crippen molar-refractivity contribution in [1.29, 1.82) is 0 Å². The van der Waals surface area contributed by atoms with Gasteiger partial charge in [0.05, 0.1) is 11.9 Å². The Kier molecular flexibility index (Phi) is 4.88. The van der Waals surface area contributed by atoms with Gasteiger partial charge in [0.2, 0.25) is 0 Å². The number of thiophene rings is 1. The molecule has 4 heterocycles. The van der Waals surface area contributed by atoms with Gasteiger partial charge < -0.3 is 10.2 Å². The van der Waals surface area contributed by atoms with Gasteiger partial charge in [-0.3, -0.25) is 4.90 Å². The third-order valence-electron chi connectivity index (χ3n) is 6.67. The first kappa shape index (κ1) is 19.2. The van der Waals surface area contributed by atoms with Crippen molar-refractivity contribution in [1.82, 2.24) is 19.9 Å². The highest BCUT2D eigenvalue weighted by Gasteiger charge is 2.27. The number of benzene rings is 1. The van der Waals surface area contributed by atoms with Crippen LogP contribution < -0.4 is 5.73 Å². The van der Waals surface area contributed by atoms with Crippen LogP contribution in [0.1, 0.15) is 60.2 Å². The monoisotopic (exact) mass is 433 g/mol. The van der Waals surface area contributed by atoms with Crippen molar-refractivity contribution in [3.05, 3.63) is 46.4 Å². The number of likely N-dealkylation sites (tertiary alicyclic amines) is 1. The molecule has 6 nitrogen and oxygen atoms in total. The van der Waals surface area contributed by atoms with Crippen LogP contribution in [0.25, 0.3) is 21.3 Å². The third-order valence-corrected chi connectivity index (χ3v) is 7.85. The highest BCUT2D eigenvalue weighted by molar-refractivity contribution is 7.19. The van der Waals surface area contributed by atoms with Crippen molar-refractivity contribution >= 4 is 38.5 Å². The summed E-state index contributed by atoms with van der Waals surface area (Å²) in [5.74, 6) is 2.65. The van der Waals surface area contributed by atoms with Gasteiger partial charge >= 0.3 is 0 Å². The van der Waals surface area contributed by atoms with E-state index in [9.17, 15) is 0 Å². The van der Waals surface area contributed by atoms with E-state index in [4.69, 9.17) is 25.1 Å². The van der Waals surface area contributed by atoms with E-state index in [2.05, 4.69) is 4.90 Å². The zero-order valence-electron chi connectivity index (χ0n) is 17.6. The molecule has 3 aromatic heterocycles. The van der Waals surface area contributed by atoms with E-state index in [-0.39, 0.29) is 0 Å². The number of aromatic nitrogens is 3. The molecule has 7 heteroatoms. The first-order valence-electron chi connectivity index (χ1n) is 11.4. The number of rotatable bonds is 3. The molecule has 1 aliphatic carbocycles. The summed E-state index contributed by atoms with van der Waals surface area (Å²) in [6.07, 6.45) is 8.30. The van der Waals surface area contributed by atoms with Gasteiger partial charge in [0.1, 0.15) is 22.0 Å². The minimum absolute atomic E-state index is 0.306. The molecule has 6 rings (SSSR count). The van der Waals surface area contributed by atoms with Gasteiger partial charge in [-0.25, -0.2) is 15.0 Å². The van der Waals surface area contributed by atoms with Crippen LogP contribution in [0.2, 0.25) is 0 Å². The fourth-order valence-electron chi connectivity index (χ4n) is 5.14. The highest BCUT2D eigenvalue weighted by atomic mass is 32.1. The standard InChI is InChI=1S/C24H27N5OS/c25-22-21-16-8-2-1-3-11-19(16)31-24(21)28-20(27-22)14-29-12-6-7-15(13-29)23-26-17-9-4-5-10-18(17)30-23/h4-5,9-10,15H,1-3,6-8,11-14H2,(H2,25,27,28). The van der Waals surface area contributed by atoms with Gasteiger partial charge in [-0.05, 0) is 62.8 Å². The van der Waals surface area contributed by atoms with Gasteiger partial charge in [0.15, 0.2) is 11.5 Å². The van der Waals surface area contributed by atoms with E-state index in [1.807, 2.05) is 35.6 Å². The van der Waals surface area contributed by atoms with Crippen LogP contribution in [0, 0.1) is 0 Å². The average Bonchev–Trinajstić information content (AvgIpc) is 3.28. The molecule has 0 spiro atoms. The Labute approximate surface area is 185 Å². The van der Waals surface area contributed by atoms with Crippen LogP contribution in [0.3, 0.4) is 0 Å². The first-order valence-corrected chi connectivity index (χ1v) is 12.2. The maximum atomic E-state index is 6.46. The number of oxazole rings is 1. The minimum Gasteiger partial charge on any atom is -0.440 e. The lowest BCUT2D eigenvalue weighted by Gasteiger charge is -2.30. The molecule has 1 aromatic carbocycles. The van der Waals surface area contributed by atoms with Crippen molar-refractivity contribution < 1.29 is 4.42 Å². The Morgan fingerprint density at radius 3 is 2.90 bits per heavy atom. The maximum absolute atomic E-state index is 6.46. The molecule has 2 aliphatic rings. The van der Waals surface area contributed by atoms with Crippen LogP contribution in [0.5, 0.6) is 0 Å². The SMILES string of the molecule is Nc1nc(CN2CCCC(c3nc4ccccc4o3)C2)nc2sc3c(c12)CCCCC3. The molecule has 1 fully saturated rings. The summed E-state index contributed by atoms with van der Waals surface area (Å²) in [7, 11) is 0. The van der Waals surface area contributed by atoms with Crippen molar-refractivity contribution in [3.8, 4) is 0 Å². The lowest BCUT2D eigenvalue weighted by Crippen LogP contribution is -2.34. The molecule has 160 valence electrons. The number of piperidine rings is 1. The van der Waals surface area contributed by atoms with E-state index in [1.165, 1.54) is 29.7 Å². The van der Waals surface area contributed by atoms with E-state index in [0.29, 0.717) is 11.7 Å². The smallest absolute Gasteiger partial charge is 0.199 e. The molecule has 2 N–H and O–H groups in total. The van der Waals surface area contributed by atoms with E-state index in [0.717, 1.165) is 78.3 Å². The molecular weight excluding hydrogens is 406 g/mol. The number of nitrogens with zero attached hydrogens (tertiary/aromatic N) is 4. The van der Waals surface area contributed by atoms with Crippen LogP contribution >= 0.6 is 11.3 Å². The number of nitrogens with two attached hydrogens (primary N) is 1. The topological polar surface area (TPSA) is 81.1 Å². The van der Waals surface area contributed by atoms with Gasteiger partial charge in [-0.2, -0.15) is 0 Å². The highest BCUT2D eigenvalue weighted by Crippen LogP contribution is 2.37. The minimum atomic E-state index is 0.306. The number of hydrogen-bond acceptors (Lipinski definition) is 7. The van der Waals surface area contributed by atoms with Crippen molar-refractivity contribution in [2.45, 2.75) is 57.4 Å². The molecule has 1 atom stereocenters. The summed E-state index contributed by atoms with van der Waals surface area (Å²) in [5.41, 5.74) is 9.68. The van der Waals surface area contributed by atoms with E-state index < -0.39 is 0 Å². The molecular formula is C24H27N5OS. The second-order valence-corrected chi connectivity index (χ2v) is 9.95. The third kappa shape index (κ3) is 3.59. The molecule has 0 radical (unpaired) electrons.